The van der Waals surface area contributed by atoms with Crippen molar-refractivity contribution in [3.8, 4) is 5.88 Å². The number of hydrogen-bond acceptors (Lipinski definition) is 8. The molecule has 1 aliphatic heterocycles. The van der Waals surface area contributed by atoms with Gasteiger partial charge in [-0.25, -0.2) is 0 Å². The minimum atomic E-state index is -3.67. The first-order valence-electron chi connectivity index (χ1n) is 10.6. The zero-order valence-corrected chi connectivity index (χ0v) is 22.8. The van der Waals surface area contributed by atoms with Crippen molar-refractivity contribution in [3.05, 3.63) is 41.5 Å². The van der Waals surface area contributed by atoms with Gasteiger partial charge in [0.15, 0.2) is 0 Å². The molecule has 0 radical (unpaired) electrons. The summed E-state index contributed by atoms with van der Waals surface area (Å²) in [5.41, 5.74) is 0.128. The summed E-state index contributed by atoms with van der Waals surface area (Å²) in [6.45, 7) is 0.620. The molecule has 0 bridgehead atoms. The van der Waals surface area contributed by atoms with Crippen LogP contribution in [0.25, 0.3) is 0 Å². The van der Waals surface area contributed by atoms with Gasteiger partial charge in [-0.1, -0.05) is 0 Å². The Morgan fingerprint density at radius 2 is 1.94 bits per heavy atom. The first kappa shape index (κ1) is 28.1. The molecule has 1 fully saturated rings. The molecule has 0 aliphatic carbocycles. The molecule has 1 aromatic carbocycles. The van der Waals surface area contributed by atoms with Crippen LogP contribution in [-0.4, -0.2) is 99.1 Å². The van der Waals surface area contributed by atoms with E-state index in [0.29, 0.717) is 4.48 Å². The molecular weight excluding hydrogens is 583 g/mol. The molecule has 1 aliphatic rings. The van der Waals surface area contributed by atoms with E-state index in [1.807, 2.05) is 0 Å². The number of aromatic nitrogens is 2. The van der Waals surface area contributed by atoms with Crippen molar-refractivity contribution in [1.82, 2.24) is 24.5 Å². The van der Waals surface area contributed by atoms with Gasteiger partial charge in [-0.2, -0.15) is 0 Å². The van der Waals surface area contributed by atoms with Gasteiger partial charge in [0.25, 0.3) is 0 Å². The number of ether oxygens (including phenoxy) is 1. The molecule has 11 nitrogen and oxygen atoms in total. The Morgan fingerprint density at radius 1 is 1.22 bits per heavy atom. The SMILES string of the molecule is COc1cc([AsH]S(=O)(=O)N2CCN(C(=O)CCNC(=O)O)CC2)nc(SCc2cccc(F)c2F)n1. The van der Waals surface area contributed by atoms with Crippen molar-refractivity contribution >= 4 is 51.1 Å². The Morgan fingerprint density at radius 3 is 2.61 bits per heavy atom. The van der Waals surface area contributed by atoms with Crippen LogP contribution in [0.1, 0.15) is 12.0 Å². The summed E-state index contributed by atoms with van der Waals surface area (Å²) >= 11 is -0.807. The van der Waals surface area contributed by atoms with E-state index in [-0.39, 0.29) is 67.4 Å². The van der Waals surface area contributed by atoms with Crippen LogP contribution in [0.15, 0.2) is 29.4 Å². The standard InChI is InChI=1S/C20H24AsF2N5O6S2/c1-34-16-11-15(25-19(26-16)35-12-13-3-2-4-14(22)18(13)23)21-36(32,33)28-9-7-27(8-10-28)17(29)5-6-24-20(30)31/h2-4,11,21,24H,5-10,12H2,1H3,(H,30,31). The number of benzene rings is 1. The predicted octanol–water partition coefficient (Wildman–Crippen LogP) is 0.164. The number of amides is 2. The molecule has 2 aromatic rings. The van der Waals surface area contributed by atoms with Gasteiger partial charge < -0.3 is 0 Å². The van der Waals surface area contributed by atoms with E-state index in [1.54, 1.807) is 0 Å². The molecule has 2 amide bonds. The molecule has 196 valence electrons. The minimum absolute atomic E-state index is 0.00633. The van der Waals surface area contributed by atoms with E-state index < -0.39 is 40.6 Å². The van der Waals surface area contributed by atoms with Crippen molar-refractivity contribution in [3.63, 3.8) is 0 Å². The van der Waals surface area contributed by atoms with E-state index in [4.69, 9.17) is 9.84 Å². The monoisotopic (exact) mass is 607 g/mol. The van der Waals surface area contributed by atoms with Gasteiger partial charge >= 0.3 is 217 Å². The zero-order valence-electron chi connectivity index (χ0n) is 19.1. The number of piperazine rings is 1. The van der Waals surface area contributed by atoms with Crippen LogP contribution in [0.4, 0.5) is 13.6 Å². The summed E-state index contributed by atoms with van der Waals surface area (Å²) < 4.78 is 60.3. The third-order valence-corrected chi connectivity index (χ3v) is 12.6. The second kappa shape index (κ2) is 12.7. The molecular formula is C20H24AsF2N5O6S2. The van der Waals surface area contributed by atoms with Crippen LogP contribution >= 0.6 is 11.8 Å². The van der Waals surface area contributed by atoms with Gasteiger partial charge in [-0.05, 0) is 0 Å². The van der Waals surface area contributed by atoms with Gasteiger partial charge in [0.2, 0.25) is 0 Å². The first-order valence-corrected chi connectivity index (χ1v) is 16.6. The molecule has 2 heterocycles. The van der Waals surface area contributed by atoms with Crippen LogP contribution in [-0.2, 0) is 18.8 Å². The summed E-state index contributed by atoms with van der Waals surface area (Å²) in [5.74, 6) is -1.97. The van der Waals surface area contributed by atoms with Gasteiger partial charge in [-0.15, -0.1) is 0 Å². The molecule has 2 N–H and O–H groups in total. The normalized spacial score (nSPS) is 14.8. The van der Waals surface area contributed by atoms with E-state index in [1.165, 1.54) is 34.5 Å². The maximum absolute atomic E-state index is 13.9. The fourth-order valence-electron chi connectivity index (χ4n) is 3.24. The van der Waals surface area contributed by atoms with Crippen LogP contribution < -0.4 is 14.5 Å². The number of hydrogen-bond donors (Lipinski definition) is 2. The summed E-state index contributed by atoms with van der Waals surface area (Å²) in [5, 5.41) is 10.9. The molecule has 1 aromatic heterocycles. The third kappa shape index (κ3) is 7.76. The molecule has 3 rings (SSSR count). The van der Waals surface area contributed by atoms with Crippen molar-refractivity contribution in [2.45, 2.75) is 17.3 Å². The third-order valence-electron chi connectivity index (χ3n) is 5.06. The first-order chi connectivity index (χ1) is 17.1. The Kier molecular flexibility index (Phi) is 9.88. The number of methoxy groups -OCH3 is 1. The quantitative estimate of drug-likeness (QED) is 0.220. The maximum atomic E-state index is 13.9. The van der Waals surface area contributed by atoms with E-state index in [9.17, 15) is 26.8 Å². The number of rotatable bonds is 10. The van der Waals surface area contributed by atoms with E-state index >= 15 is 0 Å². The number of carboxylic acid groups (broad SMARTS) is 1. The molecule has 36 heavy (non-hydrogen) atoms. The van der Waals surface area contributed by atoms with Crippen molar-refractivity contribution in [1.29, 1.82) is 0 Å². The number of nitrogens with one attached hydrogen (secondary N) is 1. The fraction of sp³-hybridized carbons (Fsp3) is 0.400. The number of thioether (sulfide) groups is 1. The van der Waals surface area contributed by atoms with Crippen LogP contribution in [0.5, 0.6) is 5.88 Å². The Balaban J connectivity index is 1.62. The van der Waals surface area contributed by atoms with Crippen molar-refractivity contribution < 1.29 is 36.6 Å². The van der Waals surface area contributed by atoms with Gasteiger partial charge in [0, 0.05) is 0 Å². The Bertz CT molecular complexity index is 1220. The summed E-state index contributed by atoms with van der Waals surface area (Å²) in [6, 6.07) is 5.30. The molecule has 1 atom stereocenters. The van der Waals surface area contributed by atoms with Crippen LogP contribution in [0.2, 0.25) is 0 Å². The van der Waals surface area contributed by atoms with Crippen LogP contribution in [0.3, 0.4) is 0 Å². The average molecular weight is 607 g/mol. The molecule has 1 saturated heterocycles. The van der Waals surface area contributed by atoms with E-state index in [2.05, 4.69) is 15.3 Å². The van der Waals surface area contributed by atoms with Crippen molar-refractivity contribution in [2.24, 2.45) is 0 Å². The summed E-state index contributed by atoms with van der Waals surface area (Å²) in [7, 11) is -2.29. The topological polar surface area (TPSA) is 142 Å². The summed E-state index contributed by atoms with van der Waals surface area (Å²) in [6.07, 6.45) is -1.22. The van der Waals surface area contributed by atoms with Crippen molar-refractivity contribution in [2.75, 3.05) is 39.8 Å². The second-order valence-electron chi connectivity index (χ2n) is 7.45. The fourth-order valence-corrected chi connectivity index (χ4v) is 10.1. The van der Waals surface area contributed by atoms with E-state index in [0.717, 1.165) is 17.8 Å². The predicted molar refractivity (Wildman–Crippen MR) is 129 cm³/mol. The zero-order chi connectivity index (χ0) is 26.3. The Labute approximate surface area is 216 Å². The van der Waals surface area contributed by atoms with Crippen LogP contribution in [0, 0.1) is 11.6 Å². The number of carbonyl (C=O) groups is 2. The number of halogens is 2. The molecule has 0 spiro atoms. The number of nitrogens with zero attached hydrogens (tertiary/aromatic N) is 4. The molecule has 16 heteroatoms. The number of carbonyl (C=O) groups excluding carboxylic acids is 1. The Hall–Kier alpha value is -2.48. The summed E-state index contributed by atoms with van der Waals surface area (Å²) in [4.78, 5) is 32.7. The average Bonchev–Trinajstić information content (AvgIpc) is 2.84. The molecule has 0 saturated carbocycles. The second-order valence-corrected chi connectivity index (χ2v) is 15.7. The van der Waals surface area contributed by atoms with Gasteiger partial charge in [-0.3, -0.25) is 0 Å². The van der Waals surface area contributed by atoms with Gasteiger partial charge in [0.1, 0.15) is 0 Å². The van der Waals surface area contributed by atoms with Gasteiger partial charge in [0.05, 0.1) is 0 Å². The molecule has 1 unspecified atom stereocenters.